The van der Waals surface area contributed by atoms with Crippen LogP contribution in [0.1, 0.15) is 0 Å². The average Bonchev–Trinajstić information content (AvgIpc) is 1.93. The molecule has 0 aliphatic rings. The monoisotopic (exact) mass is 221 g/mol. The fourth-order valence-electron chi connectivity index (χ4n) is 0.383. The van der Waals surface area contributed by atoms with E-state index in [0.717, 1.165) is 0 Å². The topological polar surface area (TPSA) is 12.9 Å². The Balaban J connectivity index is 0.000001000. The predicted molar refractivity (Wildman–Crippen MR) is 43.1 cm³/mol. The van der Waals surface area contributed by atoms with Crippen molar-refractivity contribution in [1.82, 2.24) is 4.98 Å². The van der Waals surface area contributed by atoms with Crippen LogP contribution in [0.15, 0.2) is 0 Å². The van der Waals surface area contributed by atoms with E-state index in [9.17, 15) is 0 Å². The van der Waals surface area contributed by atoms with E-state index in [0.29, 0.717) is 0 Å². The molecule has 11 heavy (non-hydrogen) atoms. The molecule has 54 valence electrons. The minimum Gasteiger partial charge on any atom is -0.373 e. The molecule has 0 aliphatic heterocycles. The minimum atomic E-state index is 0. The SMILES string of the molecule is Clc1[c-]nc(Cl)c(Cl)c1Cl.[Li+]. The molecule has 0 aromatic carbocycles. The number of pyridine rings is 1. The van der Waals surface area contributed by atoms with Gasteiger partial charge in [-0.1, -0.05) is 6.20 Å². The molecule has 0 spiro atoms. The van der Waals surface area contributed by atoms with Gasteiger partial charge in [0.05, 0.1) is 0 Å². The van der Waals surface area contributed by atoms with Crippen molar-refractivity contribution < 1.29 is 18.9 Å². The van der Waals surface area contributed by atoms with Crippen molar-refractivity contribution in [3.05, 3.63) is 26.4 Å². The van der Waals surface area contributed by atoms with Gasteiger partial charge in [0.25, 0.3) is 0 Å². The van der Waals surface area contributed by atoms with Crippen molar-refractivity contribution >= 4 is 46.4 Å². The van der Waals surface area contributed by atoms with E-state index in [1.807, 2.05) is 0 Å². The summed E-state index contributed by atoms with van der Waals surface area (Å²) in [4.78, 5) is 3.53. The standard InChI is InChI=1S/C5Cl4N.Li/c6-2-1-10-5(9)4(8)3(2)7;/q-1;+1. The summed E-state index contributed by atoms with van der Waals surface area (Å²) < 4.78 is 0. The maximum Gasteiger partial charge on any atom is 1.00 e. The van der Waals surface area contributed by atoms with E-state index in [-0.39, 0.29) is 39.1 Å². The van der Waals surface area contributed by atoms with E-state index in [2.05, 4.69) is 11.2 Å². The van der Waals surface area contributed by atoms with E-state index >= 15 is 0 Å². The third-order valence-corrected chi connectivity index (χ3v) is 2.40. The molecule has 0 saturated carbocycles. The summed E-state index contributed by atoms with van der Waals surface area (Å²) in [6.07, 6.45) is 2.38. The van der Waals surface area contributed by atoms with Gasteiger partial charge in [-0.2, -0.15) is 11.6 Å². The molecule has 0 unspecified atom stereocenters. The van der Waals surface area contributed by atoms with E-state index < -0.39 is 0 Å². The first-order chi connectivity index (χ1) is 4.63. The Morgan fingerprint density at radius 2 is 1.55 bits per heavy atom. The Morgan fingerprint density at radius 1 is 1.00 bits per heavy atom. The summed E-state index contributed by atoms with van der Waals surface area (Å²) in [6, 6.07) is 0. The maximum absolute atomic E-state index is 5.56. The molecule has 0 aliphatic carbocycles. The third kappa shape index (κ3) is 2.70. The van der Waals surface area contributed by atoms with Gasteiger partial charge in [-0.3, -0.25) is 0 Å². The Bertz CT molecular complexity index is 238. The zero-order chi connectivity index (χ0) is 7.72. The van der Waals surface area contributed by atoms with E-state index in [4.69, 9.17) is 46.4 Å². The normalized spacial score (nSPS) is 9.09. The summed E-state index contributed by atoms with van der Waals surface area (Å²) in [5.74, 6) is 0. The number of aromatic nitrogens is 1. The van der Waals surface area contributed by atoms with Crippen LogP contribution in [0.4, 0.5) is 0 Å². The molecule has 1 aromatic heterocycles. The Morgan fingerprint density at radius 3 is 2.00 bits per heavy atom. The molecular weight excluding hydrogens is 223 g/mol. The quantitative estimate of drug-likeness (QED) is 0.354. The second-order valence-electron chi connectivity index (χ2n) is 1.46. The van der Waals surface area contributed by atoms with Crippen LogP contribution in [-0.4, -0.2) is 4.98 Å². The molecule has 0 saturated heterocycles. The van der Waals surface area contributed by atoms with Crippen molar-refractivity contribution in [3.8, 4) is 0 Å². The van der Waals surface area contributed by atoms with E-state index in [1.54, 1.807) is 0 Å². The van der Waals surface area contributed by atoms with Gasteiger partial charge >= 0.3 is 18.9 Å². The molecule has 0 fully saturated rings. The van der Waals surface area contributed by atoms with Crippen LogP contribution in [0, 0.1) is 6.20 Å². The van der Waals surface area contributed by atoms with Gasteiger partial charge in [-0.25, -0.2) is 0 Å². The van der Waals surface area contributed by atoms with Crippen LogP contribution < -0.4 is 18.9 Å². The van der Waals surface area contributed by atoms with Gasteiger partial charge in [-0.15, -0.1) is 34.8 Å². The summed E-state index contributed by atoms with van der Waals surface area (Å²) in [5, 5.41) is 0.627. The molecule has 1 nitrogen and oxygen atoms in total. The maximum atomic E-state index is 5.56. The van der Waals surface area contributed by atoms with Crippen LogP contribution in [-0.2, 0) is 0 Å². The third-order valence-electron chi connectivity index (χ3n) is 0.819. The minimum absolute atomic E-state index is 0. The fourth-order valence-corrected chi connectivity index (χ4v) is 1.02. The number of halogens is 4. The summed E-state index contributed by atoms with van der Waals surface area (Å²) in [6.45, 7) is 0. The summed E-state index contributed by atoms with van der Waals surface area (Å²) in [7, 11) is 0. The average molecular weight is 223 g/mol. The predicted octanol–water partition coefficient (Wildman–Crippen LogP) is 0.499. The molecule has 1 rings (SSSR count). The molecule has 1 aromatic rings. The van der Waals surface area contributed by atoms with Gasteiger partial charge in [0.1, 0.15) is 0 Å². The molecular formula is C5Cl4LiN. The Hall–Kier alpha value is 0.907. The molecule has 0 atom stereocenters. The van der Waals surface area contributed by atoms with Crippen molar-refractivity contribution in [2.24, 2.45) is 0 Å². The van der Waals surface area contributed by atoms with Gasteiger partial charge in [-0.05, 0) is 15.1 Å². The number of nitrogens with zero attached hydrogens (tertiary/aromatic N) is 1. The van der Waals surface area contributed by atoms with Crippen LogP contribution in [0.5, 0.6) is 0 Å². The first-order valence-electron chi connectivity index (χ1n) is 2.20. The Labute approximate surface area is 96.2 Å². The molecule has 0 N–H and O–H groups in total. The molecule has 6 heteroatoms. The van der Waals surface area contributed by atoms with Crippen LogP contribution in [0.25, 0.3) is 0 Å². The largest absolute Gasteiger partial charge is 1.00 e. The van der Waals surface area contributed by atoms with Crippen molar-refractivity contribution in [2.45, 2.75) is 0 Å². The summed E-state index contributed by atoms with van der Waals surface area (Å²) in [5.41, 5.74) is 0. The Kier molecular flexibility index (Phi) is 5.22. The fraction of sp³-hybridized carbons (Fsp3) is 0. The van der Waals surface area contributed by atoms with Crippen molar-refractivity contribution in [3.63, 3.8) is 0 Å². The van der Waals surface area contributed by atoms with Crippen molar-refractivity contribution in [2.75, 3.05) is 0 Å². The van der Waals surface area contributed by atoms with Gasteiger partial charge in [0, 0.05) is 5.15 Å². The van der Waals surface area contributed by atoms with Crippen LogP contribution in [0.3, 0.4) is 0 Å². The number of hydrogen-bond donors (Lipinski definition) is 0. The smallest absolute Gasteiger partial charge is 0.373 e. The first kappa shape index (κ1) is 11.9. The second kappa shape index (κ2) is 4.82. The van der Waals surface area contributed by atoms with Gasteiger partial charge in [0.2, 0.25) is 0 Å². The second-order valence-corrected chi connectivity index (χ2v) is 2.95. The molecule has 0 amide bonds. The van der Waals surface area contributed by atoms with E-state index in [1.165, 1.54) is 0 Å². The van der Waals surface area contributed by atoms with Gasteiger partial charge in [0.15, 0.2) is 0 Å². The van der Waals surface area contributed by atoms with Gasteiger partial charge < -0.3 is 4.98 Å². The summed E-state index contributed by atoms with van der Waals surface area (Å²) >= 11 is 22.1. The van der Waals surface area contributed by atoms with Crippen LogP contribution in [0.2, 0.25) is 20.2 Å². The zero-order valence-corrected chi connectivity index (χ0v) is 8.48. The first-order valence-corrected chi connectivity index (χ1v) is 3.72. The molecule has 0 bridgehead atoms. The number of rotatable bonds is 0. The van der Waals surface area contributed by atoms with Crippen LogP contribution >= 0.6 is 46.4 Å². The number of hydrogen-bond acceptors (Lipinski definition) is 1. The molecule has 1 heterocycles. The molecule has 0 radical (unpaired) electrons. The van der Waals surface area contributed by atoms with Crippen molar-refractivity contribution in [1.29, 1.82) is 0 Å². The zero-order valence-electron chi connectivity index (χ0n) is 5.46.